The van der Waals surface area contributed by atoms with E-state index in [1.54, 1.807) is 18.6 Å². The molecular formula is C29H39FN4O2. The van der Waals surface area contributed by atoms with Crippen LogP contribution in [-0.4, -0.2) is 38.9 Å². The summed E-state index contributed by atoms with van der Waals surface area (Å²) in [6.07, 6.45) is 12.1. The number of hydrogen-bond donors (Lipinski definition) is 3. The fraction of sp³-hybridized carbons (Fsp3) is 0.655. The molecule has 0 radical (unpaired) electrons. The molecule has 2 heterocycles. The Morgan fingerprint density at radius 2 is 2.03 bits per heavy atom. The minimum atomic E-state index is -0.582. The van der Waals surface area contributed by atoms with Gasteiger partial charge in [0.15, 0.2) is 0 Å². The van der Waals surface area contributed by atoms with Gasteiger partial charge in [0.1, 0.15) is 5.82 Å². The van der Waals surface area contributed by atoms with Crippen molar-refractivity contribution < 1.29 is 14.3 Å². The van der Waals surface area contributed by atoms with Crippen LogP contribution >= 0.6 is 0 Å². The number of aliphatic hydroxyl groups is 1. The zero-order valence-corrected chi connectivity index (χ0v) is 21.4. The van der Waals surface area contributed by atoms with Gasteiger partial charge in [0, 0.05) is 23.2 Å². The normalized spacial score (nSPS) is 34.2. The fourth-order valence-corrected chi connectivity index (χ4v) is 7.85. The van der Waals surface area contributed by atoms with Gasteiger partial charge >= 0.3 is 6.03 Å². The van der Waals surface area contributed by atoms with Crippen LogP contribution in [-0.2, 0) is 0 Å². The van der Waals surface area contributed by atoms with Crippen molar-refractivity contribution in [1.82, 2.24) is 20.2 Å². The predicted molar refractivity (Wildman–Crippen MR) is 137 cm³/mol. The van der Waals surface area contributed by atoms with Crippen molar-refractivity contribution in [1.29, 1.82) is 0 Å². The van der Waals surface area contributed by atoms with E-state index in [1.807, 2.05) is 10.6 Å². The summed E-state index contributed by atoms with van der Waals surface area (Å²) < 4.78 is 17.0. The van der Waals surface area contributed by atoms with Gasteiger partial charge in [-0.3, -0.25) is 0 Å². The van der Waals surface area contributed by atoms with E-state index in [-0.39, 0.29) is 29.3 Å². The molecule has 3 saturated carbocycles. The van der Waals surface area contributed by atoms with E-state index >= 15 is 0 Å². The maximum atomic E-state index is 14.9. The van der Waals surface area contributed by atoms with E-state index in [4.69, 9.17) is 0 Å². The molecule has 2 amide bonds. The molecule has 1 aliphatic heterocycles. The molecule has 36 heavy (non-hydrogen) atoms. The van der Waals surface area contributed by atoms with Gasteiger partial charge in [0.25, 0.3) is 0 Å². The molecule has 3 fully saturated rings. The van der Waals surface area contributed by atoms with Crippen molar-refractivity contribution in [3.63, 3.8) is 0 Å². The topological polar surface area (TPSA) is 79.2 Å². The Kier molecular flexibility index (Phi) is 6.09. The molecule has 6 nitrogen and oxygen atoms in total. The molecule has 1 aromatic carbocycles. The van der Waals surface area contributed by atoms with Crippen LogP contribution in [0.3, 0.4) is 0 Å². The van der Waals surface area contributed by atoms with Crippen molar-refractivity contribution in [3.8, 4) is 11.3 Å². The smallest absolute Gasteiger partial charge is 0.315 e. The first-order valence-corrected chi connectivity index (χ1v) is 13.9. The van der Waals surface area contributed by atoms with Crippen LogP contribution in [0.2, 0.25) is 0 Å². The summed E-state index contributed by atoms with van der Waals surface area (Å²) in [6.45, 7) is 4.46. The number of amides is 2. The zero-order valence-electron chi connectivity index (χ0n) is 21.4. The minimum absolute atomic E-state index is 0.0273. The highest BCUT2D eigenvalue weighted by Gasteiger charge is 2.57. The molecule has 6 unspecified atom stereocenters. The maximum absolute atomic E-state index is 14.9. The van der Waals surface area contributed by atoms with E-state index in [0.717, 1.165) is 43.4 Å². The summed E-state index contributed by atoms with van der Waals surface area (Å²) in [7, 11) is 0. The molecule has 0 saturated heterocycles. The first-order chi connectivity index (χ1) is 17.3. The van der Waals surface area contributed by atoms with Crippen molar-refractivity contribution >= 4 is 6.03 Å². The molecule has 3 aliphatic carbocycles. The number of aliphatic hydroxyl groups excluding tert-OH is 1. The van der Waals surface area contributed by atoms with Gasteiger partial charge in [0.2, 0.25) is 0 Å². The van der Waals surface area contributed by atoms with Crippen LogP contribution in [0.5, 0.6) is 0 Å². The SMILES string of the molecule is CC1CC2C(NC(=O)NC3CCCCC3)[C@H]2CC(C)(C(O)CC2c3c(F)cccc3-c3cncn32)C1. The van der Waals surface area contributed by atoms with Gasteiger partial charge in [-0.25, -0.2) is 14.2 Å². The van der Waals surface area contributed by atoms with Gasteiger partial charge in [-0.2, -0.15) is 0 Å². The van der Waals surface area contributed by atoms with Crippen LogP contribution < -0.4 is 10.6 Å². The number of imidazole rings is 1. The van der Waals surface area contributed by atoms with Crippen LogP contribution in [0.4, 0.5) is 9.18 Å². The summed E-state index contributed by atoms with van der Waals surface area (Å²) in [5.74, 6) is 1.12. The second-order valence-electron chi connectivity index (χ2n) is 12.4. The van der Waals surface area contributed by atoms with Crippen LogP contribution in [0.1, 0.15) is 83.2 Å². The zero-order chi connectivity index (χ0) is 25.0. The van der Waals surface area contributed by atoms with Gasteiger partial charge < -0.3 is 20.3 Å². The first kappa shape index (κ1) is 24.0. The lowest BCUT2D eigenvalue weighted by Gasteiger charge is -2.38. The summed E-state index contributed by atoms with van der Waals surface area (Å²) in [5, 5.41) is 18.2. The average molecular weight is 495 g/mol. The Hall–Kier alpha value is -2.41. The number of benzene rings is 1. The highest BCUT2D eigenvalue weighted by molar-refractivity contribution is 5.75. The lowest BCUT2D eigenvalue weighted by Crippen LogP contribution is -2.45. The Morgan fingerprint density at radius 3 is 2.83 bits per heavy atom. The number of halogens is 1. The molecule has 7 atom stereocenters. The number of carbonyl (C=O) groups excluding carboxylic acids is 1. The second-order valence-corrected chi connectivity index (χ2v) is 12.4. The lowest BCUT2D eigenvalue weighted by atomic mass is 9.71. The molecular weight excluding hydrogens is 455 g/mol. The summed E-state index contributed by atoms with van der Waals surface area (Å²) in [6, 6.07) is 5.40. The van der Waals surface area contributed by atoms with E-state index in [2.05, 4.69) is 29.5 Å². The van der Waals surface area contributed by atoms with Crippen molar-refractivity contribution in [2.24, 2.45) is 23.2 Å². The van der Waals surface area contributed by atoms with Crippen LogP contribution in [0.15, 0.2) is 30.7 Å². The molecule has 6 rings (SSSR count). The summed E-state index contributed by atoms with van der Waals surface area (Å²) in [5.41, 5.74) is 2.17. The summed E-state index contributed by atoms with van der Waals surface area (Å²) in [4.78, 5) is 17.0. The average Bonchev–Trinajstić information content (AvgIpc) is 3.18. The van der Waals surface area contributed by atoms with Crippen molar-refractivity contribution in [2.75, 3.05) is 0 Å². The monoisotopic (exact) mass is 494 g/mol. The number of nitrogens with one attached hydrogen (secondary N) is 2. The maximum Gasteiger partial charge on any atom is 0.315 e. The number of rotatable bonds is 5. The molecule has 1 aromatic heterocycles. The molecule has 0 bridgehead atoms. The van der Waals surface area contributed by atoms with E-state index in [9.17, 15) is 14.3 Å². The number of nitrogens with zero attached hydrogens (tertiary/aromatic N) is 2. The first-order valence-electron chi connectivity index (χ1n) is 13.9. The third kappa shape index (κ3) is 4.23. The Morgan fingerprint density at radius 1 is 1.22 bits per heavy atom. The van der Waals surface area contributed by atoms with Crippen LogP contribution in [0, 0.1) is 29.0 Å². The molecule has 0 spiro atoms. The Labute approximate surface area is 213 Å². The second kappa shape index (κ2) is 9.16. The highest BCUT2D eigenvalue weighted by Crippen LogP contribution is 2.57. The standard InChI is InChI=1S/C29H39FN4O2/c1-17-11-20-21(27(20)33-28(36)32-18-7-4-3-5-8-18)14-29(2,13-17)25(35)12-23-26-19(9-6-10-22(26)30)24-15-31-16-34(23)24/h6,9-10,15-18,20-21,23,25,27,35H,3-5,7-8,11-14H2,1-2H3,(H2,32,33,36)/t17?,20?,21-,23?,25?,27?,29?/m0/s1. The van der Waals surface area contributed by atoms with Crippen molar-refractivity contribution in [3.05, 3.63) is 42.1 Å². The van der Waals surface area contributed by atoms with Crippen LogP contribution in [0.25, 0.3) is 11.3 Å². The van der Waals surface area contributed by atoms with E-state index in [1.165, 1.54) is 25.3 Å². The number of aromatic nitrogens is 2. The van der Waals surface area contributed by atoms with Gasteiger partial charge in [-0.05, 0) is 67.8 Å². The third-order valence-electron chi connectivity index (χ3n) is 9.68. The van der Waals surface area contributed by atoms with Crippen molar-refractivity contribution in [2.45, 2.75) is 95.9 Å². The minimum Gasteiger partial charge on any atom is -0.392 e. The van der Waals surface area contributed by atoms with E-state index in [0.29, 0.717) is 35.8 Å². The predicted octanol–water partition coefficient (Wildman–Crippen LogP) is 5.42. The molecule has 7 heteroatoms. The van der Waals surface area contributed by atoms with Gasteiger partial charge in [0.05, 0.1) is 30.4 Å². The number of hydrogen-bond acceptors (Lipinski definition) is 3. The quantitative estimate of drug-likeness (QED) is 0.520. The molecule has 194 valence electrons. The summed E-state index contributed by atoms with van der Waals surface area (Å²) >= 11 is 0. The molecule has 4 aliphatic rings. The Bertz CT molecular complexity index is 1130. The van der Waals surface area contributed by atoms with E-state index < -0.39 is 6.10 Å². The van der Waals surface area contributed by atoms with Gasteiger partial charge in [-0.1, -0.05) is 45.2 Å². The third-order valence-corrected chi connectivity index (χ3v) is 9.68. The number of carbonyl (C=O) groups is 1. The fourth-order valence-electron chi connectivity index (χ4n) is 7.85. The van der Waals surface area contributed by atoms with Gasteiger partial charge in [-0.15, -0.1) is 0 Å². The highest BCUT2D eigenvalue weighted by atomic mass is 19.1. The lowest BCUT2D eigenvalue weighted by molar-refractivity contribution is 0.00101. The molecule has 2 aromatic rings. The molecule has 3 N–H and O–H groups in total. The number of urea groups is 1. The number of fused-ring (bicyclic) bond motifs is 4. The Balaban J connectivity index is 1.15. The largest absolute Gasteiger partial charge is 0.392 e.